The first kappa shape index (κ1) is 13.1. The highest BCUT2D eigenvalue weighted by atomic mass is 19.2. The van der Waals surface area contributed by atoms with Crippen LogP contribution in [-0.2, 0) is 6.42 Å². The molecule has 0 radical (unpaired) electrons. The SMILES string of the molecule is CC(C)CNC(C)Cc1ccc(F)c(F)c1. The molecule has 1 aromatic carbocycles. The molecule has 16 heavy (non-hydrogen) atoms. The van der Waals surface area contributed by atoms with Gasteiger partial charge >= 0.3 is 0 Å². The Balaban J connectivity index is 2.49. The highest BCUT2D eigenvalue weighted by Crippen LogP contribution is 2.10. The van der Waals surface area contributed by atoms with E-state index in [-0.39, 0.29) is 6.04 Å². The number of hydrogen-bond acceptors (Lipinski definition) is 1. The van der Waals surface area contributed by atoms with E-state index in [1.54, 1.807) is 6.07 Å². The van der Waals surface area contributed by atoms with E-state index in [1.165, 1.54) is 12.1 Å². The lowest BCUT2D eigenvalue weighted by Crippen LogP contribution is -2.31. The van der Waals surface area contributed by atoms with Crippen molar-refractivity contribution >= 4 is 0 Å². The lowest BCUT2D eigenvalue weighted by atomic mass is 10.1. The summed E-state index contributed by atoms with van der Waals surface area (Å²) in [4.78, 5) is 0. The zero-order valence-corrected chi connectivity index (χ0v) is 10.1. The van der Waals surface area contributed by atoms with Gasteiger partial charge in [0.1, 0.15) is 0 Å². The molecule has 0 amide bonds. The van der Waals surface area contributed by atoms with Crippen LogP contribution < -0.4 is 5.32 Å². The molecule has 0 aromatic heterocycles. The molecule has 1 unspecified atom stereocenters. The van der Waals surface area contributed by atoms with Crippen molar-refractivity contribution < 1.29 is 8.78 Å². The van der Waals surface area contributed by atoms with Gasteiger partial charge in [-0.3, -0.25) is 0 Å². The predicted octanol–water partition coefficient (Wildman–Crippen LogP) is 3.14. The normalized spacial score (nSPS) is 13.1. The molecule has 0 aliphatic carbocycles. The fraction of sp³-hybridized carbons (Fsp3) is 0.538. The van der Waals surface area contributed by atoms with Gasteiger partial charge in [0.05, 0.1) is 0 Å². The van der Waals surface area contributed by atoms with Crippen molar-refractivity contribution in [2.45, 2.75) is 33.2 Å². The molecule has 1 N–H and O–H groups in total. The molecule has 0 saturated heterocycles. The second-order valence-corrected chi connectivity index (χ2v) is 4.66. The minimum atomic E-state index is -0.786. The summed E-state index contributed by atoms with van der Waals surface area (Å²) >= 11 is 0. The Labute approximate surface area is 95.9 Å². The molecule has 3 heteroatoms. The van der Waals surface area contributed by atoms with Gasteiger partial charge < -0.3 is 5.32 Å². The van der Waals surface area contributed by atoms with Crippen molar-refractivity contribution in [3.63, 3.8) is 0 Å². The molecule has 0 bridgehead atoms. The molecule has 1 atom stereocenters. The van der Waals surface area contributed by atoms with Gasteiger partial charge in [0.15, 0.2) is 11.6 Å². The van der Waals surface area contributed by atoms with E-state index < -0.39 is 11.6 Å². The summed E-state index contributed by atoms with van der Waals surface area (Å²) in [5.41, 5.74) is 0.822. The van der Waals surface area contributed by atoms with E-state index in [9.17, 15) is 8.78 Å². The van der Waals surface area contributed by atoms with Crippen LogP contribution in [0.15, 0.2) is 18.2 Å². The Morgan fingerprint density at radius 1 is 1.12 bits per heavy atom. The van der Waals surface area contributed by atoms with Gasteiger partial charge in [0.2, 0.25) is 0 Å². The summed E-state index contributed by atoms with van der Waals surface area (Å²) in [5.74, 6) is -0.965. The van der Waals surface area contributed by atoms with Gasteiger partial charge in [0.25, 0.3) is 0 Å². The van der Waals surface area contributed by atoms with Crippen LogP contribution in [0, 0.1) is 17.6 Å². The number of nitrogens with one attached hydrogen (secondary N) is 1. The minimum absolute atomic E-state index is 0.271. The molecule has 0 spiro atoms. The maximum atomic E-state index is 12.9. The third-order valence-electron chi connectivity index (χ3n) is 2.40. The van der Waals surface area contributed by atoms with Crippen molar-refractivity contribution in [3.05, 3.63) is 35.4 Å². The van der Waals surface area contributed by atoms with Crippen LogP contribution in [0.5, 0.6) is 0 Å². The average molecular weight is 227 g/mol. The zero-order chi connectivity index (χ0) is 12.1. The summed E-state index contributed by atoms with van der Waals surface area (Å²) in [6.45, 7) is 7.25. The maximum Gasteiger partial charge on any atom is 0.159 e. The number of hydrogen-bond donors (Lipinski definition) is 1. The molecule has 0 fully saturated rings. The third-order valence-corrected chi connectivity index (χ3v) is 2.40. The molecular weight excluding hydrogens is 208 g/mol. The number of rotatable bonds is 5. The van der Waals surface area contributed by atoms with Crippen molar-refractivity contribution in [1.29, 1.82) is 0 Å². The molecular formula is C13H19F2N. The molecule has 1 nitrogen and oxygen atoms in total. The average Bonchev–Trinajstić information content (AvgIpc) is 2.21. The summed E-state index contributed by atoms with van der Waals surface area (Å²) in [7, 11) is 0. The van der Waals surface area contributed by atoms with Crippen molar-refractivity contribution in [2.24, 2.45) is 5.92 Å². The maximum absolute atomic E-state index is 12.9. The summed E-state index contributed by atoms with van der Waals surface area (Å²) < 4.78 is 25.6. The number of benzene rings is 1. The standard InChI is InChI=1S/C13H19F2N/c1-9(2)8-16-10(3)6-11-4-5-12(14)13(15)7-11/h4-5,7,9-10,16H,6,8H2,1-3H3. The highest BCUT2D eigenvalue weighted by molar-refractivity contribution is 5.18. The monoisotopic (exact) mass is 227 g/mol. The molecule has 0 heterocycles. The van der Waals surface area contributed by atoms with Crippen LogP contribution in [0.4, 0.5) is 8.78 Å². The Morgan fingerprint density at radius 3 is 2.38 bits per heavy atom. The van der Waals surface area contributed by atoms with E-state index >= 15 is 0 Å². The fourth-order valence-electron chi connectivity index (χ4n) is 1.53. The van der Waals surface area contributed by atoms with Gasteiger partial charge in [-0.25, -0.2) is 8.78 Å². The Kier molecular flexibility index (Phi) is 4.87. The summed E-state index contributed by atoms with van der Waals surface area (Å²) in [5, 5.41) is 3.35. The first-order chi connectivity index (χ1) is 7.49. The fourth-order valence-corrected chi connectivity index (χ4v) is 1.53. The molecule has 1 aromatic rings. The first-order valence-electron chi connectivity index (χ1n) is 5.66. The quantitative estimate of drug-likeness (QED) is 0.814. The van der Waals surface area contributed by atoms with Crippen LogP contribution in [0.3, 0.4) is 0 Å². The van der Waals surface area contributed by atoms with E-state index in [1.807, 2.05) is 6.92 Å². The minimum Gasteiger partial charge on any atom is -0.314 e. The lowest BCUT2D eigenvalue weighted by Gasteiger charge is -2.15. The van der Waals surface area contributed by atoms with E-state index in [4.69, 9.17) is 0 Å². The van der Waals surface area contributed by atoms with Gasteiger partial charge in [-0.2, -0.15) is 0 Å². The smallest absolute Gasteiger partial charge is 0.159 e. The second-order valence-electron chi connectivity index (χ2n) is 4.66. The van der Waals surface area contributed by atoms with Gasteiger partial charge in [0, 0.05) is 6.04 Å². The molecule has 1 rings (SSSR count). The summed E-state index contributed by atoms with van der Waals surface area (Å²) in [6, 6.07) is 4.35. The Bertz CT molecular complexity index is 337. The van der Waals surface area contributed by atoms with Crippen LogP contribution in [0.1, 0.15) is 26.3 Å². The first-order valence-corrected chi connectivity index (χ1v) is 5.66. The molecule has 0 aliphatic heterocycles. The molecule has 0 aliphatic rings. The largest absolute Gasteiger partial charge is 0.314 e. The lowest BCUT2D eigenvalue weighted by molar-refractivity contribution is 0.478. The van der Waals surface area contributed by atoms with E-state index in [2.05, 4.69) is 19.2 Å². The van der Waals surface area contributed by atoms with Gasteiger partial charge in [-0.15, -0.1) is 0 Å². The number of halogens is 2. The van der Waals surface area contributed by atoms with Gasteiger partial charge in [-0.05, 0) is 43.5 Å². The Morgan fingerprint density at radius 2 is 1.81 bits per heavy atom. The molecule has 0 saturated carbocycles. The third kappa shape index (κ3) is 4.27. The highest BCUT2D eigenvalue weighted by Gasteiger charge is 2.07. The van der Waals surface area contributed by atoms with Gasteiger partial charge in [-0.1, -0.05) is 19.9 Å². The van der Waals surface area contributed by atoms with E-state index in [0.29, 0.717) is 12.3 Å². The molecule has 90 valence electrons. The topological polar surface area (TPSA) is 12.0 Å². The Hall–Kier alpha value is -0.960. The summed E-state index contributed by atoms with van der Waals surface area (Å²) in [6.07, 6.45) is 0.712. The van der Waals surface area contributed by atoms with E-state index in [0.717, 1.165) is 12.1 Å². The van der Waals surface area contributed by atoms with Crippen LogP contribution in [-0.4, -0.2) is 12.6 Å². The zero-order valence-electron chi connectivity index (χ0n) is 10.1. The van der Waals surface area contributed by atoms with Crippen LogP contribution in [0.25, 0.3) is 0 Å². The van der Waals surface area contributed by atoms with Crippen molar-refractivity contribution in [1.82, 2.24) is 5.32 Å². The van der Waals surface area contributed by atoms with Crippen LogP contribution >= 0.6 is 0 Å². The predicted molar refractivity (Wildman–Crippen MR) is 62.4 cm³/mol. The second kappa shape index (κ2) is 5.94. The van der Waals surface area contributed by atoms with Crippen molar-refractivity contribution in [3.8, 4) is 0 Å². The van der Waals surface area contributed by atoms with Crippen LogP contribution in [0.2, 0.25) is 0 Å². The van der Waals surface area contributed by atoms with Crippen molar-refractivity contribution in [2.75, 3.05) is 6.54 Å².